The first-order chi connectivity index (χ1) is 11.2. The second-order valence-electron chi connectivity index (χ2n) is 5.22. The van der Waals surface area contributed by atoms with Crippen molar-refractivity contribution in [3.8, 4) is 0 Å². The Morgan fingerprint density at radius 3 is 2.70 bits per heavy atom. The van der Waals surface area contributed by atoms with E-state index in [2.05, 4.69) is 10.6 Å². The summed E-state index contributed by atoms with van der Waals surface area (Å²) in [6, 6.07) is 13.8. The van der Waals surface area contributed by atoms with E-state index in [9.17, 15) is 9.18 Å². The van der Waals surface area contributed by atoms with Gasteiger partial charge < -0.3 is 15.7 Å². The zero-order chi connectivity index (χ0) is 16.5. The minimum absolute atomic E-state index is 0.0796. The number of aliphatic hydroxyl groups excluding tert-OH is 1. The van der Waals surface area contributed by atoms with Crippen LogP contribution in [0.3, 0.4) is 0 Å². The highest BCUT2D eigenvalue weighted by molar-refractivity contribution is 5.95. The molecule has 2 aromatic rings. The Kier molecular flexibility index (Phi) is 6.56. The molecular formula is C18H21FN2O2. The van der Waals surface area contributed by atoms with Gasteiger partial charge in [-0.2, -0.15) is 0 Å². The van der Waals surface area contributed by atoms with Gasteiger partial charge in [-0.1, -0.05) is 18.2 Å². The fourth-order valence-corrected chi connectivity index (χ4v) is 2.26. The van der Waals surface area contributed by atoms with Crippen LogP contribution in [0, 0.1) is 5.82 Å². The maximum absolute atomic E-state index is 13.1. The Morgan fingerprint density at radius 1 is 1.09 bits per heavy atom. The molecule has 2 aromatic carbocycles. The van der Waals surface area contributed by atoms with Crippen LogP contribution in [0.25, 0.3) is 0 Å². The van der Waals surface area contributed by atoms with Crippen LogP contribution in [-0.4, -0.2) is 30.7 Å². The minimum Gasteiger partial charge on any atom is -0.395 e. The minimum atomic E-state index is -0.211. The van der Waals surface area contributed by atoms with E-state index >= 15 is 0 Å². The maximum Gasteiger partial charge on any atom is 0.251 e. The Hall–Kier alpha value is -2.40. The highest BCUT2D eigenvalue weighted by Crippen LogP contribution is 2.11. The maximum atomic E-state index is 13.1. The molecule has 2 rings (SSSR count). The molecule has 0 aliphatic carbocycles. The fourth-order valence-electron chi connectivity index (χ4n) is 2.26. The van der Waals surface area contributed by atoms with Crippen LogP contribution in [0.2, 0.25) is 0 Å². The summed E-state index contributed by atoms with van der Waals surface area (Å²) in [6.07, 6.45) is 1.66. The summed E-state index contributed by atoms with van der Waals surface area (Å²) in [5, 5.41) is 14.6. The van der Waals surface area contributed by atoms with Crippen molar-refractivity contribution >= 4 is 11.6 Å². The van der Waals surface area contributed by atoms with Crippen LogP contribution < -0.4 is 10.6 Å². The number of hydrogen-bond donors (Lipinski definition) is 3. The van der Waals surface area contributed by atoms with Gasteiger partial charge in [0.1, 0.15) is 5.82 Å². The summed E-state index contributed by atoms with van der Waals surface area (Å²) < 4.78 is 13.1. The molecule has 3 N–H and O–H groups in total. The van der Waals surface area contributed by atoms with Crippen molar-refractivity contribution in [1.29, 1.82) is 0 Å². The molecule has 0 aromatic heterocycles. The highest BCUT2D eigenvalue weighted by Gasteiger charge is 2.05. The number of hydrogen-bond acceptors (Lipinski definition) is 3. The number of nitrogens with one attached hydrogen (secondary N) is 2. The lowest BCUT2D eigenvalue weighted by atomic mass is 10.1. The zero-order valence-corrected chi connectivity index (χ0v) is 12.9. The van der Waals surface area contributed by atoms with Crippen molar-refractivity contribution in [3.05, 3.63) is 65.5 Å². The van der Waals surface area contributed by atoms with Gasteiger partial charge in [-0.25, -0.2) is 4.39 Å². The normalized spacial score (nSPS) is 10.3. The first-order valence-electron chi connectivity index (χ1n) is 7.66. The summed E-state index contributed by atoms with van der Waals surface area (Å²) in [7, 11) is 0. The highest BCUT2D eigenvalue weighted by atomic mass is 19.1. The zero-order valence-electron chi connectivity index (χ0n) is 12.9. The standard InChI is InChI=1S/C18H21FN2O2/c19-16-7-1-4-14(12-16)5-3-9-20-17-8-2-6-15(13-17)18(23)21-10-11-22/h1-2,4,6-8,12-13,20,22H,3,5,9-11H2,(H,21,23). The number of aryl methyl sites for hydroxylation is 1. The summed E-state index contributed by atoms with van der Waals surface area (Å²) in [5.41, 5.74) is 2.39. The van der Waals surface area contributed by atoms with E-state index in [1.54, 1.807) is 24.3 Å². The third kappa shape index (κ3) is 5.71. The van der Waals surface area contributed by atoms with Crippen molar-refractivity contribution in [2.24, 2.45) is 0 Å². The van der Waals surface area contributed by atoms with Crippen LogP contribution in [-0.2, 0) is 6.42 Å². The molecule has 0 unspecified atom stereocenters. The quantitative estimate of drug-likeness (QED) is 0.656. The number of benzene rings is 2. The summed E-state index contributed by atoms with van der Waals surface area (Å²) in [5.74, 6) is -0.417. The van der Waals surface area contributed by atoms with Crippen LogP contribution in [0.4, 0.5) is 10.1 Å². The smallest absolute Gasteiger partial charge is 0.251 e. The van der Waals surface area contributed by atoms with Crippen molar-refractivity contribution in [3.63, 3.8) is 0 Å². The Balaban J connectivity index is 1.80. The van der Waals surface area contributed by atoms with E-state index in [0.717, 1.165) is 30.6 Å². The van der Waals surface area contributed by atoms with E-state index in [1.165, 1.54) is 6.07 Å². The molecular weight excluding hydrogens is 295 g/mol. The molecule has 0 radical (unpaired) electrons. The number of halogens is 1. The lowest BCUT2D eigenvalue weighted by Gasteiger charge is -2.09. The third-order valence-corrected chi connectivity index (χ3v) is 3.38. The van der Waals surface area contributed by atoms with Crippen LogP contribution in [0.1, 0.15) is 22.3 Å². The number of carbonyl (C=O) groups is 1. The third-order valence-electron chi connectivity index (χ3n) is 3.38. The molecule has 4 nitrogen and oxygen atoms in total. The van der Waals surface area contributed by atoms with Gasteiger partial charge in [0, 0.05) is 24.3 Å². The summed E-state index contributed by atoms with van der Waals surface area (Å²) in [6.45, 7) is 0.895. The molecule has 1 amide bonds. The molecule has 0 spiro atoms. The molecule has 5 heteroatoms. The van der Waals surface area contributed by atoms with Crippen LogP contribution in [0.15, 0.2) is 48.5 Å². The number of amides is 1. The molecule has 0 fully saturated rings. The number of aliphatic hydroxyl groups is 1. The van der Waals surface area contributed by atoms with E-state index < -0.39 is 0 Å². The van der Waals surface area contributed by atoms with Crippen LogP contribution in [0.5, 0.6) is 0 Å². The molecule has 0 bridgehead atoms. The largest absolute Gasteiger partial charge is 0.395 e. The van der Waals surface area contributed by atoms with Gasteiger partial charge in [0.05, 0.1) is 6.61 Å². The number of rotatable bonds is 8. The Bertz CT molecular complexity index is 646. The van der Waals surface area contributed by atoms with E-state index in [1.807, 2.05) is 18.2 Å². The lowest BCUT2D eigenvalue weighted by Crippen LogP contribution is -2.26. The topological polar surface area (TPSA) is 61.4 Å². The lowest BCUT2D eigenvalue weighted by molar-refractivity contribution is 0.0945. The Labute approximate surface area is 135 Å². The SMILES string of the molecule is O=C(NCCO)c1cccc(NCCCc2cccc(F)c2)c1. The van der Waals surface area contributed by atoms with Crippen molar-refractivity contribution in [1.82, 2.24) is 5.32 Å². The van der Waals surface area contributed by atoms with Crippen molar-refractivity contribution in [2.45, 2.75) is 12.8 Å². The van der Waals surface area contributed by atoms with Gasteiger partial charge in [0.15, 0.2) is 0 Å². The monoisotopic (exact) mass is 316 g/mol. The molecule has 0 atom stereocenters. The molecule has 0 saturated heterocycles. The number of anilines is 1. The molecule has 0 aliphatic rings. The predicted molar refractivity (Wildman–Crippen MR) is 89.1 cm³/mol. The molecule has 0 saturated carbocycles. The fraction of sp³-hybridized carbons (Fsp3) is 0.278. The van der Waals surface area contributed by atoms with E-state index in [-0.39, 0.29) is 24.9 Å². The van der Waals surface area contributed by atoms with Crippen LogP contribution >= 0.6 is 0 Å². The predicted octanol–water partition coefficient (Wildman–Crippen LogP) is 2.59. The van der Waals surface area contributed by atoms with Gasteiger partial charge in [-0.3, -0.25) is 4.79 Å². The van der Waals surface area contributed by atoms with E-state index in [4.69, 9.17) is 5.11 Å². The number of carbonyl (C=O) groups excluding carboxylic acids is 1. The Morgan fingerprint density at radius 2 is 1.91 bits per heavy atom. The van der Waals surface area contributed by atoms with Gasteiger partial charge >= 0.3 is 0 Å². The second kappa shape index (κ2) is 8.90. The van der Waals surface area contributed by atoms with Crippen molar-refractivity contribution in [2.75, 3.05) is 25.0 Å². The molecule has 0 heterocycles. The molecule has 122 valence electrons. The van der Waals surface area contributed by atoms with Gasteiger partial charge in [-0.15, -0.1) is 0 Å². The average Bonchev–Trinajstić information content (AvgIpc) is 2.57. The first kappa shape index (κ1) is 17.0. The first-order valence-corrected chi connectivity index (χ1v) is 7.66. The van der Waals surface area contributed by atoms with Crippen molar-refractivity contribution < 1.29 is 14.3 Å². The second-order valence-corrected chi connectivity index (χ2v) is 5.22. The van der Waals surface area contributed by atoms with Gasteiger partial charge in [0.2, 0.25) is 0 Å². The van der Waals surface area contributed by atoms with Gasteiger partial charge in [-0.05, 0) is 48.7 Å². The average molecular weight is 316 g/mol. The van der Waals surface area contributed by atoms with E-state index in [0.29, 0.717) is 5.56 Å². The summed E-state index contributed by atoms with van der Waals surface area (Å²) in [4.78, 5) is 11.8. The molecule has 23 heavy (non-hydrogen) atoms. The molecule has 0 aliphatic heterocycles. The van der Waals surface area contributed by atoms with Gasteiger partial charge in [0.25, 0.3) is 5.91 Å². The summed E-state index contributed by atoms with van der Waals surface area (Å²) >= 11 is 0.